The highest BCUT2D eigenvalue weighted by Crippen LogP contribution is 2.13. The zero-order valence-electron chi connectivity index (χ0n) is 10.2. The van der Waals surface area contributed by atoms with Crippen molar-refractivity contribution in [2.45, 2.75) is 38.1 Å². The summed E-state index contributed by atoms with van der Waals surface area (Å²) < 4.78 is 0. The Morgan fingerprint density at radius 3 is 2.65 bits per heavy atom. The number of nitrogens with two attached hydrogens (primary N) is 1. The molecule has 0 radical (unpaired) electrons. The number of likely N-dealkylation sites (tertiary alicyclic amines) is 2. The SMILES string of the molecule is NC1CCN(C(=O)CCN2CCCC2)C(=O)C1. The number of carbonyl (C=O) groups excluding carboxylic acids is 2. The molecule has 1 unspecified atom stereocenters. The summed E-state index contributed by atoms with van der Waals surface area (Å²) in [6.45, 7) is 3.46. The summed E-state index contributed by atoms with van der Waals surface area (Å²) in [6, 6.07) is -0.0647. The minimum atomic E-state index is -0.102. The smallest absolute Gasteiger partial charge is 0.230 e. The molecule has 2 fully saturated rings. The molecule has 1 atom stereocenters. The summed E-state index contributed by atoms with van der Waals surface area (Å²) in [5.41, 5.74) is 5.69. The Bertz CT molecular complexity index is 300. The molecule has 2 heterocycles. The van der Waals surface area contributed by atoms with Crippen LogP contribution in [0.4, 0.5) is 0 Å². The Morgan fingerprint density at radius 1 is 1.29 bits per heavy atom. The topological polar surface area (TPSA) is 66.6 Å². The van der Waals surface area contributed by atoms with Gasteiger partial charge in [-0.25, -0.2) is 0 Å². The van der Waals surface area contributed by atoms with E-state index < -0.39 is 0 Å². The number of piperidine rings is 1. The first-order chi connectivity index (χ1) is 8.16. The fourth-order valence-electron chi connectivity index (χ4n) is 2.51. The first-order valence-electron chi connectivity index (χ1n) is 6.48. The highest BCUT2D eigenvalue weighted by molar-refractivity contribution is 5.96. The molecular formula is C12H21N3O2. The quantitative estimate of drug-likeness (QED) is 0.750. The fourth-order valence-corrected chi connectivity index (χ4v) is 2.51. The maximum atomic E-state index is 11.9. The predicted octanol–water partition coefficient (Wildman–Crippen LogP) is -0.0514. The summed E-state index contributed by atoms with van der Waals surface area (Å²) in [5, 5.41) is 0. The number of hydrogen-bond donors (Lipinski definition) is 1. The van der Waals surface area contributed by atoms with Crippen molar-refractivity contribution in [1.29, 1.82) is 0 Å². The second-order valence-corrected chi connectivity index (χ2v) is 4.99. The van der Waals surface area contributed by atoms with E-state index in [1.807, 2.05) is 0 Å². The number of rotatable bonds is 3. The van der Waals surface area contributed by atoms with Gasteiger partial charge in [0.15, 0.2) is 0 Å². The number of nitrogens with zero attached hydrogens (tertiary/aromatic N) is 2. The fraction of sp³-hybridized carbons (Fsp3) is 0.833. The molecule has 0 bridgehead atoms. The van der Waals surface area contributed by atoms with Crippen molar-refractivity contribution in [2.75, 3.05) is 26.2 Å². The second-order valence-electron chi connectivity index (χ2n) is 4.99. The molecule has 0 saturated carbocycles. The van der Waals surface area contributed by atoms with Gasteiger partial charge in [0.25, 0.3) is 0 Å². The van der Waals surface area contributed by atoms with E-state index in [1.165, 1.54) is 17.7 Å². The van der Waals surface area contributed by atoms with E-state index in [-0.39, 0.29) is 17.9 Å². The van der Waals surface area contributed by atoms with Crippen LogP contribution >= 0.6 is 0 Å². The lowest BCUT2D eigenvalue weighted by Crippen LogP contribution is -2.47. The summed E-state index contributed by atoms with van der Waals surface area (Å²) in [5.74, 6) is -0.135. The minimum Gasteiger partial charge on any atom is -0.327 e. The van der Waals surface area contributed by atoms with E-state index in [2.05, 4.69) is 4.90 Å². The summed E-state index contributed by atoms with van der Waals surface area (Å²) >= 11 is 0. The van der Waals surface area contributed by atoms with Crippen LogP contribution in [0.15, 0.2) is 0 Å². The van der Waals surface area contributed by atoms with E-state index in [9.17, 15) is 9.59 Å². The average Bonchev–Trinajstić information content (AvgIpc) is 2.78. The Kier molecular flexibility index (Phi) is 4.12. The average molecular weight is 239 g/mol. The monoisotopic (exact) mass is 239 g/mol. The molecule has 96 valence electrons. The van der Waals surface area contributed by atoms with Gasteiger partial charge in [-0.15, -0.1) is 0 Å². The second kappa shape index (κ2) is 5.60. The van der Waals surface area contributed by atoms with Crippen molar-refractivity contribution in [3.8, 4) is 0 Å². The van der Waals surface area contributed by atoms with Gasteiger partial charge in [-0.3, -0.25) is 14.5 Å². The van der Waals surface area contributed by atoms with Crippen molar-refractivity contribution in [2.24, 2.45) is 5.73 Å². The van der Waals surface area contributed by atoms with Crippen LogP contribution in [0.2, 0.25) is 0 Å². The first kappa shape index (κ1) is 12.5. The van der Waals surface area contributed by atoms with Gasteiger partial charge >= 0.3 is 0 Å². The van der Waals surface area contributed by atoms with Gasteiger partial charge in [0.2, 0.25) is 11.8 Å². The molecule has 0 aromatic heterocycles. The molecule has 0 spiro atoms. The van der Waals surface area contributed by atoms with Gasteiger partial charge in [-0.1, -0.05) is 0 Å². The molecule has 0 aliphatic carbocycles. The van der Waals surface area contributed by atoms with Crippen LogP contribution in [0, 0.1) is 0 Å². The van der Waals surface area contributed by atoms with Crippen LogP contribution in [0.5, 0.6) is 0 Å². The molecule has 2 aliphatic rings. The molecular weight excluding hydrogens is 218 g/mol. The zero-order valence-corrected chi connectivity index (χ0v) is 10.2. The van der Waals surface area contributed by atoms with E-state index >= 15 is 0 Å². The number of amides is 2. The molecule has 5 nitrogen and oxygen atoms in total. The van der Waals surface area contributed by atoms with Gasteiger partial charge in [0.05, 0.1) is 0 Å². The van der Waals surface area contributed by atoms with Crippen LogP contribution < -0.4 is 5.73 Å². The summed E-state index contributed by atoms with van der Waals surface area (Å²) in [7, 11) is 0. The molecule has 2 rings (SSSR count). The van der Waals surface area contributed by atoms with E-state index in [1.54, 1.807) is 0 Å². The Morgan fingerprint density at radius 2 is 2.00 bits per heavy atom. The third-order valence-electron chi connectivity index (χ3n) is 3.60. The summed E-state index contributed by atoms with van der Waals surface area (Å²) in [4.78, 5) is 27.2. The molecule has 5 heteroatoms. The highest BCUT2D eigenvalue weighted by Gasteiger charge is 2.28. The van der Waals surface area contributed by atoms with Gasteiger partial charge in [0.1, 0.15) is 0 Å². The largest absolute Gasteiger partial charge is 0.327 e. The van der Waals surface area contributed by atoms with Crippen molar-refractivity contribution in [1.82, 2.24) is 9.80 Å². The summed E-state index contributed by atoms with van der Waals surface area (Å²) in [6.07, 6.45) is 3.97. The molecule has 2 saturated heterocycles. The van der Waals surface area contributed by atoms with Gasteiger partial charge in [0, 0.05) is 32.0 Å². The molecule has 17 heavy (non-hydrogen) atoms. The maximum Gasteiger partial charge on any atom is 0.230 e. The van der Waals surface area contributed by atoms with Gasteiger partial charge in [-0.05, 0) is 32.4 Å². The molecule has 2 amide bonds. The van der Waals surface area contributed by atoms with Crippen LogP contribution in [-0.4, -0.2) is 53.8 Å². The lowest BCUT2D eigenvalue weighted by atomic mass is 10.1. The third kappa shape index (κ3) is 3.26. The molecule has 2 N–H and O–H groups in total. The zero-order chi connectivity index (χ0) is 12.3. The lowest BCUT2D eigenvalue weighted by Gasteiger charge is -2.28. The van der Waals surface area contributed by atoms with Crippen LogP contribution in [0.25, 0.3) is 0 Å². The Hall–Kier alpha value is -0.940. The molecule has 2 aliphatic heterocycles. The molecule has 0 aromatic rings. The third-order valence-corrected chi connectivity index (χ3v) is 3.60. The van der Waals surface area contributed by atoms with Crippen molar-refractivity contribution >= 4 is 11.8 Å². The van der Waals surface area contributed by atoms with Crippen molar-refractivity contribution in [3.05, 3.63) is 0 Å². The minimum absolute atomic E-state index is 0.0335. The predicted molar refractivity (Wildman–Crippen MR) is 64.2 cm³/mol. The van der Waals surface area contributed by atoms with E-state index in [0.29, 0.717) is 19.4 Å². The maximum absolute atomic E-state index is 11.9. The van der Waals surface area contributed by atoms with Crippen LogP contribution in [0.1, 0.15) is 32.1 Å². The molecule has 0 aromatic carbocycles. The lowest BCUT2D eigenvalue weighted by molar-refractivity contribution is -0.147. The Balaban J connectivity index is 1.77. The van der Waals surface area contributed by atoms with Crippen LogP contribution in [0.3, 0.4) is 0 Å². The number of carbonyl (C=O) groups is 2. The first-order valence-corrected chi connectivity index (χ1v) is 6.48. The van der Waals surface area contributed by atoms with Gasteiger partial charge in [-0.2, -0.15) is 0 Å². The van der Waals surface area contributed by atoms with Crippen molar-refractivity contribution in [3.63, 3.8) is 0 Å². The standard InChI is InChI=1S/C12H21N3O2/c13-10-3-8-15(12(17)9-10)11(16)4-7-14-5-1-2-6-14/h10H,1-9,13H2. The number of imide groups is 1. The van der Waals surface area contributed by atoms with Gasteiger partial charge < -0.3 is 10.6 Å². The highest BCUT2D eigenvalue weighted by atomic mass is 16.2. The van der Waals surface area contributed by atoms with Crippen molar-refractivity contribution < 1.29 is 9.59 Å². The van der Waals surface area contributed by atoms with Crippen LogP contribution in [-0.2, 0) is 9.59 Å². The van der Waals surface area contributed by atoms with E-state index in [0.717, 1.165) is 26.1 Å². The normalized spacial score (nSPS) is 26.5. The Labute approximate surface area is 102 Å². The van der Waals surface area contributed by atoms with E-state index in [4.69, 9.17) is 5.73 Å². The number of hydrogen-bond acceptors (Lipinski definition) is 4.